The Labute approximate surface area is 174 Å². The maximum atomic E-state index is 13.1. The second kappa shape index (κ2) is 8.75. The molecule has 0 aliphatic heterocycles. The third kappa shape index (κ3) is 5.59. The summed E-state index contributed by atoms with van der Waals surface area (Å²) in [6.45, 7) is 1.31. The van der Waals surface area contributed by atoms with Crippen LogP contribution in [0.4, 0.5) is 26.3 Å². The highest BCUT2D eigenvalue weighted by Gasteiger charge is 2.37. The van der Waals surface area contributed by atoms with E-state index in [2.05, 4.69) is 10.2 Å². The number of nitrogens with zero attached hydrogens (tertiary/aromatic N) is 2. The van der Waals surface area contributed by atoms with Crippen LogP contribution in [0.25, 0.3) is 0 Å². The van der Waals surface area contributed by atoms with Crippen molar-refractivity contribution in [2.45, 2.75) is 19.3 Å². The van der Waals surface area contributed by atoms with Crippen LogP contribution in [-0.2, 0) is 12.4 Å². The highest BCUT2D eigenvalue weighted by atomic mass is 19.4. The summed E-state index contributed by atoms with van der Waals surface area (Å²) in [5, 5.41) is 8.13. The Bertz CT molecular complexity index is 1020. The monoisotopic (exact) mass is 434 g/mol. The Morgan fingerprint density at radius 2 is 1.00 bits per heavy atom. The van der Waals surface area contributed by atoms with Gasteiger partial charge < -0.3 is 0 Å². The molecule has 0 unspecified atom stereocenters. The maximum Gasteiger partial charge on any atom is 0.416 e. The minimum absolute atomic E-state index is 0.0824. The fourth-order valence-corrected chi connectivity index (χ4v) is 2.82. The lowest BCUT2D eigenvalue weighted by molar-refractivity contribution is -0.143. The Morgan fingerprint density at radius 3 is 1.39 bits per heavy atom. The first-order valence-electron chi connectivity index (χ1n) is 9.08. The van der Waals surface area contributed by atoms with E-state index in [1.165, 1.54) is 6.92 Å². The van der Waals surface area contributed by atoms with Crippen molar-refractivity contribution in [3.63, 3.8) is 0 Å². The first-order valence-corrected chi connectivity index (χ1v) is 9.08. The molecule has 2 nitrogen and oxygen atoms in total. The molecule has 0 aromatic heterocycles. The van der Waals surface area contributed by atoms with Gasteiger partial charge in [0.2, 0.25) is 0 Å². The molecule has 0 atom stereocenters. The molecule has 0 spiro atoms. The first-order chi connectivity index (χ1) is 14.6. The van der Waals surface area contributed by atoms with Gasteiger partial charge in [0.15, 0.2) is 0 Å². The molecule has 0 saturated carbocycles. The van der Waals surface area contributed by atoms with Crippen molar-refractivity contribution in [3.8, 4) is 0 Å². The highest BCUT2D eigenvalue weighted by Crippen LogP contribution is 2.36. The maximum absolute atomic E-state index is 13.1. The van der Waals surface area contributed by atoms with Crippen LogP contribution in [0, 0.1) is 0 Å². The number of benzene rings is 3. The lowest BCUT2D eigenvalue weighted by Gasteiger charge is -2.14. The second-order valence-electron chi connectivity index (χ2n) is 6.66. The molecule has 0 aliphatic rings. The molecule has 3 rings (SSSR count). The molecule has 0 amide bonds. The molecule has 31 heavy (non-hydrogen) atoms. The number of hydrogen-bond donors (Lipinski definition) is 0. The summed E-state index contributed by atoms with van der Waals surface area (Å²) in [5.74, 6) is 0. The van der Waals surface area contributed by atoms with Gasteiger partial charge in [0.25, 0.3) is 0 Å². The summed E-state index contributed by atoms with van der Waals surface area (Å²) in [4.78, 5) is 0. The van der Waals surface area contributed by atoms with E-state index < -0.39 is 23.5 Å². The fraction of sp³-hybridized carbons (Fsp3) is 0.130. The summed E-state index contributed by atoms with van der Waals surface area (Å²) >= 11 is 0. The van der Waals surface area contributed by atoms with Crippen LogP contribution in [0.2, 0.25) is 0 Å². The first kappa shape index (κ1) is 22.3. The molecule has 160 valence electrons. The van der Waals surface area contributed by atoms with Gasteiger partial charge in [-0.25, -0.2) is 0 Å². The van der Waals surface area contributed by atoms with E-state index in [0.29, 0.717) is 29.0 Å². The van der Waals surface area contributed by atoms with E-state index in [1.54, 1.807) is 48.5 Å². The largest absolute Gasteiger partial charge is 0.416 e. The van der Waals surface area contributed by atoms with Gasteiger partial charge in [-0.2, -0.15) is 31.4 Å². The molecule has 0 radical (unpaired) electrons. The van der Waals surface area contributed by atoms with E-state index >= 15 is 0 Å². The predicted molar refractivity (Wildman–Crippen MR) is 107 cm³/mol. The van der Waals surface area contributed by atoms with Gasteiger partial charge in [-0.05, 0) is 30.7 Å². The zero-order valence-electron chi connectivity index (χ0n) is 16.2. The zero-order valence-corrected chi connectivity index (χ0v) is 16.2. The van der Waals surface area contributed by atoms with Crippen molar-refractivity contribution in [1.29, 1.82) is 0 Å². The van der Waals surface area contributed by atoms with Crippen LogP contribution in [0.5, 0.6) is 0 Å². The van der Waals surface area contributed by atoms with Gasteiger partial charge in [-0.15, -0.1) is 5.10 Å². The van der Waals surface area contributed by atoms with Crippen molar-refractivity contribution in [1.82, 2.24) is 0 Å². The van der Waals surface area contributed by atoms with Crippen molar-refractivity contribution in [3.05, 3.63) is 107 Å². The van der Waals surface area contributed by atoms with Crippen LogP contribution in [0.3, 0.4) is 0 Å². The normalized spacial score (nSPS) is 12.5. The number of halogens is 6. The Morgan fingerprint density at radius 1 is 0.581 bits per heavy atom. The molecule has 8 heteroatoms. The van der Waals surface area contributed by atoms with Gasteiger partial charge >= 0.3 is 12.4 Å². The predicted octanol–water partition coefficient (Wildman–Crippen LogP) is 6.99. The SMILES string of the molecule is C/C(=N/N=C(c1ccccc1)c1ccccc1)c1cc(C(F)(F)F)cc(C(F)(F)F)c1. The third-order valence-corrected chi connectivity index (χ3v) is 4.40. The van der Waals surface area contributed by atoms with Gasteiger partial charge in [0.1, 0.15) is 5.71 Å². The van der Waals surface area contributed by atoms with E-state index in [-0.39, 0.29) is 17.3 Å². The van der Waals surface area contributed by atoms with E-state index in [9.17, 15) is 26.3 Å². The Kier molecular flexibility index (Phi) is 6.29. The standard InChI is InChI=1S/C23H16F6N2/c1-15(18-12-19(22(24,25)26)14-20(13-18)23(27,28)29)30-31-21(16-8-4-2-5-9-16)17-10-6-3-7-11-17/h2-14H,1H3/b30-15-. The van der Waals surface area contributed by atoms with E-state index in [0.717, 1.165) is 0 Å². The van der Waals surface area contributed by atoms with Gasteiger partial charge in [-0.3, -0.25) is 0 Å². The molecule has 0 aliphatic carbocycles. The average molecular weight is 434 g/mol. The summed E-state index contributed by atoms with van der Waals surface area (Å²) < 4.78 is 78.7. The third-order valence-electron chi connectivity index (χ3n) is 4.40. The number of rotatable bonds is 4. The average Bonchev–Trinajstić information content (AvgIpc) is 2.74. The molecule has 0 N–H and O–H groups in total. The van der Waals surface area contributed by atoms with Crippen LogP contribution >= 0.6 is 0 Å². The minimum atomic E-state index is -4.93. The van der Waals surface area contributed by atoms with Crippen molar-refractivity contribution >= 4 is 11.4 Å². The number of hydrogen-bond acceptors (Lipinski definition) is 2. The molecular weight excluding hydrogens is 418 g/mol. The van der Waals surface area contributed by atoms with Crippen LogP contribution < -0.4 is 0 Å². The molecule has 3 aromatic carbocycles. The van der Waals surface area contributed by atoms with Crippen molar-refractivity contribution in [2.75, 3.05) is 0 Å². The number of alkyl halides is 6. The van der Waals surface area contributed by atoms with E-state index in [4.69, 9.17) is 0 Å². The van der Waals surface area contributed by atoms with Gasteiger partial charge in [-0.1, -0.05) is 60.7 Å². The molecule has 0 heterocycles. The zero-order chi connectivity index (χ0) is 22.6. The molecule has 0 saturated heterocycles. The van der Waals surface area contributed by atoms with Crippen LogP contribution in [0.1, 0.15) is 34.7 Å². The van der Waals surface area contributed by atoms with Crippen LogP contribution in [-0.4, -0.2) is 11.4 Å². The molecule has 0 bridgehead atoms. The lowest BCUT2D eigenvalue weighted by Crippen LogP contribution is -2.13. The lowest BCUT2D eigenvalue weighted by atomic mass is 10.0. The topological polar surface area (TPSA) is 24.7 Å². The second-order valence-corrected chi connectivity index (χ2v) is 6.66. The molecular formula is C23H16F6N2. The fourth-order valence-electron chi connectivity index (χ4n) is 2.82. The summed E-state index contributed by atoms with van der Waals surface area (Å²) in [6.07, 6.45) is -9.86. The Balaban J connectivity index is 2.11. The van der Waals surface area contributed by atoms with Gasteiger partial charge in [0.05, 0.1) is 16.8 Å². The smallest absolute Gasteiger partial charge is 0.166 e. The van der Waals surface area contributed by atoms with E-state index in [1.807, 2.05) is 12.1 Å². The van der Waals surface area contributed by atoms with Crippen LogP contribution in [0.15, 0.2) is 89.1 Å². The molecule has 0 fully saturated rings. The van der Waals surface area contributed by atoms with Gasteiger partial charge in [0, 0.05) is 11.1 Å². The van der Waals surface area contributed by atoms with Crippen molar-refractivity contribution in [2.24, 2.45) is 10.2 Å². The minimum Gasteiger partial charge on any atom is -0.166 e. The summed E-state index contributed by atoms with van der Waals surface area (Å²) in [6, 6.07) is 19.2. The quantitative estimate of drug-likeness (QED) is 0.240. The Hall–Kier alpha value is -3.42. The molecule has 3 aromatic rings. The van der Waals surface area contributed by atoms with Crippen molar-refractivity contribution < 1.29 is 26.3 Å². The summed E-state index contributed by atoms with van der Waals surface area (Å²) in [7, 11) is 0. The highest BCUT2D eigenvalue weighted by molar-refractivity contribution is 6.13. The summed E-state index contributed by atoms with van der Waals surface area (Å²) in [5.41, 5.74) is -1.36.